The number of aryl methyl sites for hydroxylation is 1. The number of piperidine rings is 1. The van der Waals surface area contributed by atoms with Gasteiger partial charge in [0.05, 0.1) is 18.0 Å². The molecule has 2 aromatic heterocycles. The third-order valence-electron chi connectivity index (χ3n) is 3.60. The first-order valence-electron chi connectivity index (χ1n) is 7.03. The summed E-state index contributed by atoms with van der Waals surface area (Å²) in [5.41, 5.74) is 0.592. The molecule has 7 heteroatoms. The average molecular weight is 286 g/mol. The van der Waals surface area contributed by atoms with Crippen LogP contribution in [0.25, 0.3) is 0 Å². The lowest BCUT2D eigenvalue weighted by molar-refractivity contribution is 0.0933. The minimum atomic E-state index is -0.0749. The summed E-state index contributed by atoms with van der Waals surface area (Å²) >= 11 is 0. The van der Waals surface area contributed by atoms with Gasteiger partial charge >= 0.3 is 0 Å². The molecule has 0 spiro atoms. The largest absolute Gasteiger partial charge is 0.353 e. The van der Waals surface area contributed by atoms with Crippen LogP contribution in [0, 0.1) is 0 Å². The van der Waals surface area contributed by atoms with E-state index < -0.39 is 0 Å². The van der Waals surface area contributed by atoms with Crippen molar-refractivity contribution < 1.29 is 4.79 Å². The molecule has 0 aromatic carbocycles. The van der Waals surface area contributed by atoms with Gasteiger partial charge < -0.3 is 10.2 Å². The normalized spacial score (nSPS) is 18.5. The van der Waals surface area contributed by atoms with E-state index >= 15 is 0 Å². The van der Waals surface area contributed by atoms with Gasteiger partial charge in [-0.05, 0) is 12.8 Å². The molecule has 0 radical (unpaired) electrons. The Hall–Kier alpha value is -2.44. The third kappa shape index (κ3) is 3.18. The average Bonchev–Trinajstić information content (AvgIpc) is 2.95. The molecule has 0 saturated carbocycles. The van der Waals surface area contributed by atoms with Crippen molar-refractivity contribution >= 4 is 11.7 Å². The lowest BCUT2D eigenvalue weighted by Crippen LogP contribution is -2.48. The number of amides is 1. The zero-order valence-electron chi connectivity index (χ0n) is 11.9. The molecular formula is C14H18N6O. The molecule has 1 amide bonds. The first-order valence-corrected chi connectivity index (χ1v) is 7.03. The van der Waals surface area contributed by atoms with Crippen LogP contribution in [0.1, 0.15) is 23.2 Å². The van der Waals surface area contributed by atoms with Crippen LogP contribution in [0.15, 0.2) is 31.0 Å². The molecule has 0 bridgehead atoms. The van der Waals surface area contributed by atoms with Crippen LogP contribution in [0.3, 0.4) is 0 Å². The van der Waals surface area contributed by atoms with Crippen molar-refractivity contribution in [2.24, 2.45) is 7.05 Å². The number of hydrogen-bond donors (Lipinski definition) is 1. The van der Waals surface area contributed by atoms with Gasteiger partial charge in [0.1, 0.15) is 5.82 Å². The van der Waals surface area contributed by atoms with Gasteiger partial charge in [-0.25, -0.2) is 4.98 Å². The van der Waals surface area contributed by atoms with Crippen LogP contribution in [0.5, 0.6) is 0 Å². The highest BCUT2D eigenvalue weighted by atomic mass is 16.1. The molecule has 7 nitrogen and oxygen atoms in total. The number of hydrogen-bond acceptors (Lipinski definition) is 5. The lowest BCUT2D eigenvalue weighted by Gasteiger charge is -2.33. The Bertz CT molecular complexity index is 611. The van der Waals surface area contributed by atoms with Crippen LogP contribution in [0.2, 0.25) is 0 Å². The van der Waals surface area contributed by atoms with Crippen LogP contribution < -0.4 is 10.2 Å². The highest BCUT2D eigenvalue weighted by molar-refractivity contribution is 5.93. The molecule has 1 unspecified atom stereocenters. The van der Waals surface area contributed by atoms with Crippen LogP contribution >= 0.6 is 0 Å². The van der Waals surface area contributed by atoms with Gasteiger partial charge in [-0.2, -0.15) is 5.10 Å². The van der Waals surface area contributed by atoms with Crippen LogP contribution in [0.4, 0.5) is 5.82 Å². The second-order valence-corrected chi connectivity index (χ2v) is 5.22. The minimum Gasteiger partial charge on any atom is -0.353 e. The number of anilines is 1. The molecule has 3 rings (SSSR count). The van der Waals surface area contributed by atoms with E-state index in [0.29, 0.717) is 5.56 Å². The molecule has 1 aliphatic rings. The monoisotopic (exact) mass is 286 g/mol. The summed E-state index contributed by atoms with van der Waals surface area (Å²) in [4.78, 5) is 22.7. The fourth-order valence-corrected chi connectivity index (χ4v) is 2.56. The predicted molar refractivity (Wildman–Crippen MR) is 77.9 cm³/mol. The Kier molecular flexibility index (Phi) is 3.81. The van der Waals surface area contributed by atoms with Crippen molar-refractivity contribution in [1.82, 2.24) is 25.1 Å². The molecule has 1 fully saturated rings. The molecule has 3 heterocycles. The topological polar surface area (TPSA) is 75.9 Å². The van der Waals surface area contributed by atoms with E-state index in [4.69, 9.17) is 0 Å². The fourth-order valence-electron chi connectivity index (χ4n) is 2.56. The van der Waals surface area contributed by atoms with Gasteiger partial charge in [-0.3, -0.25) is 14.5 Å². The number of nitrogens with one attached hydrogen (secondary N) is 1. The van der Waals surface area contributed by atoms with Crippen molar-refractivity contribution in [2.45, 2.75) is 18.9 Å². The molecule has 0 aliphatic carbocycles. The SMILES string of the molecule is Cn1cc(C(=O)NC2CCCN(c3cnccn3)C2)cn1. The number of carbonyl (C=O) groups excluding carboxylic acids is 1. The molecule has 1 aliphatic heterocycles. The minimum absolute atomic E-state index is 0.0749. The highest BCUT2D eigenvalue weighted by Crippen LogP contribution is 2.16. The van der Waals surface area contributed by atoms with E-state index in [1.807, 2.05) is 0 Å². The first-order chi connectivity index (χ1) is 10.2. The number of carbonyl (C=O) groups is 1. The summed E-state index contributed by atoms with van der Waals surface area (Å²) in [5, 5.41) is 7.09. The second kappa shape index (κ2) is 5.90. The van der Waals surface area contributed by atoms with Crippen molar-refractivity contribution in [3.05, 3.63) is 36.5 Å². The highest BCUT2D eigenvalue weighted by Gasteiger charge is 2.23. The van der Waals surface area contributed by atoms with Crippen LogP contribution in [-0.2, 0) is 7.05 Å². The summed E-state index contributed by atoms with van der Waals surface area (Å²) in [6.07, 6.45) is 10.4. The lowest BCUT2D eigenvalue weighted by atomic mass is 10.1. The van der Waals surface area contributed by atoms with E-state index in [1.165, 1.54) is 0 Å². The summed E-state index contributed by atoms with van der Waals surface area (Å²) in [6.45, 7) is 1.70. The van der Waals surface area contributed by atoms with Crippen molar-refractivity contribution in [3.8, 4) is 0 Å². The Balaban J connectivity index is 1.62. The summed E-state index contributed by atoms with van der Waals surface area (Å²) < 4.78 is 1.63. The molecule has 1 N–H and O–H groups in total. The smallest absolute Gasteiger partial charge is 0.254 e. The number of rotatable bonds is 3. The number of nitrogens with zero attached hydrogens (tertiary/aromatic N) is 5. The maximum absolute atomic E-state index is 12.2. The van der Waals surface area contributed by atoms with Gasteiger partial charge in [0.15, 0.2) is 0 Å². The van der Waals surface area contributed by atoms with E-state index in [9.17, 15) is 4.79 Å². The Morgan fingerprint density at radius 1 is 1.38 bits per heavy atom. The van der Waals surface area contributed by atoms with E-state index in [1.54, 1.807) is 42.7 Å². The summed E-state index contributed by atoms with van der Waals surface area (Å²) in [5.74, 6) is 0.784. The zero-order chi connectivity index (χ0) is 14.7. The Morgan fingerprint density at radius 2 is 2.29 bits per heavy atom. The van der Waals surface area contributed by atoms with Crippen molar-refractivity contribution in [1.29, 1.82) is 0 Å². The molecule has 110 valence electrons. The molecule has 1 saturated heterocycles. The quantitative estimate of drug-likeness (QED) is 0.894. The van der Waals surface area contributed by atoms with E-state index in [-0.39, 0.29) is 11.9 Å². The fraction of sp³-hybridized carbons (Fsp3) is 0.429. The van der Waals surface area contributed by atoms with Gasteiger partial charge in [0.2, 0.25) is 0 Å². The van der Waals surface area contributed by atoms with Crippen LogP contribution in [-0.4, -0.2) is 44.8 Å². The summed E-state index contributed by atoms with van der Waals surface area (Å²) in [7, 11) is 1.80. The van der Waals surface area contributed by atoms with Gasteiger partial charge in [-0.1, -0.05) is 0 Å². The van der Waals surface area contributed by atoms with Gasteiger partial charge in [0, 0.05) is 44.8 Å². The summed E-state index contributed by atoms with van der Waals surface area (Å²) in [6, 6.07) is 0.119. The Labute approximate surface area is 123 Å². The molecule has 2 aromatic rings. The maximum Gasteiger partial charge on any atom is 0.254 e. The second-order valence-electron chi connectivity index (χ2n) is 5.22. The van der Waals surface area contributed by atoms with Gasteiger partial charge in [-0.15, -0.1) is 0 Å². The predicted octanol–water partition coefficient (Wildman–Crippen LogP) is 0.609. The molecule has 21 heavy (non-hydrogen) atoms. The molecule has 1 atom stereocenters. The van der Waals surface area contributed by atoms with E-state index in [0.717, 1.165) is 31.7 Å². The standard InChI is InChI=1S/C14H18N6O/c1-19-9-11(7-17-19)14(21)18-12-3-2-6-20(10-12)13-8-15-4-5-16-13/h4-5,7-9,12H,2-3,6,10H2,1H3,(H,18,21). The third-order valence-corrected chi connectivity index (χ3v) is 3.60. The molecular weight excluding hydrogens is 268 g/mol. The van der Waals surface area contributed by atoms with E-state index in [2.05, 4.69) is 25.3 Å². The van der Waals surface area contributed by atoms with Gasteiger partial charge in [0.25, 0.3) is 5.91 Å². The van der Waals surface area contributed by atoms with Crippen molar-refractivity contribution in [3.63, 3.8) is 0 Å². The number of aromatic nitrogens is 4. The maximum atomic E-state index is 12.2. The Morgan fingerprint density at radius 3 is 3.00 bits per heavy atom. The zero-order valence-corrected chi connectivity index (χ0v) is 11.9. The first kappa shape index (κ1) is 13.5. The van der Waals surface area contributed by atoms with Crippen molar-refractivity contribution in [2.75, 3.05) is 18.0 Å².